The fourth-order valence-corrected chi connectivity index (χ4v) is 7.06. The van der Waals surface area contributed by atoms with Crippen molar-refractivity contribution in [3.05, 3.63) is 16.6 Å². The van der Waals surface area contributed by atoms with E-state index in [-0.39, 0.29) is 40.2 Å². The number of carbonyl (C=O) groups excluding carboxylic acids is 2. The number of nitrogen functional groups attached to an aromatic ring is 1. The Hall–Kier alpha value is -1.94. The van der Waals surface area contributed by atoms with Crippen molar-refractivity contribution in [3.63, 3.8) is 0 Å². The lowest BCUT2D eigenvalue weighted by Gasteiger charge is -2.53. The minimum Gasteiger partial charge on any atom is -0.481 e. The molecule has 4 atom stereocenters. The van der Waals surface area contributed by atoms with Crippen molar-refractivity contribution < 1.29 is 24.6 Å². The van der Waals surface area contributed by atoms with Crippen molar-refractivity contribution in [1.82, 2.24) is 25.4 Å². The monoisotopic (exact) mass is 488 g/mol. The Labute approximate surface area is 186 Å². The number of anilines is 1. The van der Waals surface area contributed by atoms with Gasteiger partial charge in [-0.3, -0.25) is 14.4 Å². The lowest BCUT2D eigenvalue weighted by atomic mass is 9.89. The number of carboxylic acid groups (broad SMARTS) is 1. The molecule has 11 nitrogen and oxygen atoms in total. The smallest absolute Gasteiger partial charge is 0.313 e. The van der Waals surface area contributed by atoms with E-state index in [0.29, 0.717) is 4.34 Å². The summed E-state index contributed by atoms with van der Waals surface area (Å²) in [6, 6.07) is -0.823. The van der Waals surface area contributed by atoms with Crippen LogP contribution in [0, 0.1) is 5.41 Å². The molecule has 3 unspecified atom stereocenters. The number of aliphatic hydroxyl groups is 1. The SMILES string of the molecule is Nc1nc(C(O)C(=O)NC2C(=O)N3CC(CSc4nncs4)(C(=O)O)CS[C@H]23)cs1. The van der Waals surface area contributed by atoms with Crippen LogP contribution in [0.15, 0.2) is 15.2 Å². The number of carbonyl (C=O) groups is 3. The van der Waals surface area contributed by atoms with Gasteiger partial charge in [-0.25, -0.2) is 4.98 Å². The highest BCUT2D eigenvalue weighted by molar-refractivity contribution is 8.01. The molecule has 2 aliphatic rings. The summed E-state index contributed by atoms with van der Waals surface area (Å²) in [5, 5.41) is 31.5. The van der Waals surface area contributed by atoms with Crippen LogP contribution in [-0.2, 0) is 14.4 Å². The molecule has 30 heavy (non-hydrogen) atoms. The topological polar surface area (TPSA) is 172 Å². The number of carboxylic acids is 1. The molecule has 2 aliphatic heterocycles. The van der Waals surface area contributed by atoms with E-state index in [1.165, 1.54) is 45.1 Å². The predicted molar refractivity (Wildman–Crippen MR) is 112 cm³/mol. The molecule has 4 rings (SSSR count). The largest absolute Gasteiger partial charge is 0.481 e. The first-order valence-electron chi connectivity index (χ1n) is 8.54. The number of hydrogen-bond donors (Lipinski definition) is 4. The summed E-state index contributed by atoms with van der Waals surface area (Å²) in [5.41, 5.74) is 6.08. The maximum atomic E-state index is 12.6. The third kappa shape index (κ3) is 3.87. The number of β-lactam (4-membered cyclic amide) rings is 1. The zero-order valence-corrected chi connectivity index (χ0v) is 18.4. The van der Waals surface area contributed by atoms with Crippen LogP contribution in [0.4, 0.5) is 5.13 Å². The van der Waals surface area contributed by atoms with Crippen LogP contribution in [0.5, 0.6) is 0 Å². The number of nitrogens with two attached hydrogens (primary N) is 1. The molecule has 2 amide bonds. The molecule has 0 bridgehead atoms. The van der Waals surface area contributed by atoms with Gasteiger partial charge in [-0.1, -0.05) is 23.1 Å². The summed E-state index contributed by atoms with van der Waals surface area (Å²) in [7, 11) is 0. The van der Waals surface area contributed by atoms with E-state index in [4.69, 9.17) is 5.73 Å². The Bertz CT molecular complexity index is 971. The maximum absolute atomic E-state index is 12.6. The fourth-order valence-electron chi connectivity index (χ4n) is 3.12. The van der Waals surface area contributed by atoms with Gasteiger partial charge < -0.3 is 26.2 Å². The van der Waals surface area contributed by atoms with Gasteiger partial charge in [0.05, 0.1) is 5.69 Å². The van der Waals surface area contributed by atoms with E-state index >= 15 is 0 Å². The first kappa shape index (κ1) is 21.3. The quantitative estimate of drug-likeness (QED) is 0.302. The van der Waals surface area contributed by atoms with Gasteiger partial charge in [-0.2, -0.15) is 0 Å². The Morgan fingerprint density at radius 1 is 1.47 bits per heavy atom. The Morgan fingerprint density at radius 2 is 2.27 bits per heavy atom. The van der Waals surface area contributed by atoms with Crippen LogP contribution in [0.1, 0.15) is 11.8 Å². The number of rotatable bonds is 7. The molecule has 2 fully saturated rings. The van der Waals surface area contributed by atoms with Crippen molar-refractivity contribution in [2.75, 3.05) is 23.8 Å². The van der Waals surface area contributed by atoms with Crippen LogP contribution >= 0.6 is 46.2 Å². The Balaban J connectivity index is 1.39. The van der Waals surface area contributed by atoms with E-state index in [9.17, 15) is 24.6 Å². The zero-order valence-electron chi connectivity index (χ0n) is 15.1. The zero-order chi connectivity index (χ0) is 21.5. The number of aliphatic carboxylic acids is 1. The summed E-state index contributed by atoms with van der Waals surface area (Å²) < 4.78 is 0.666. The van der Waals surface area contributed by atoms with E-state index in [2.05, 4.69) is 20.5 Å². The molecule has 2 aromatic heterocycles. The third-order valence-electron chi connectivity index (χ3n) is 4.78. The maximum Gasteiger partial charge on any atom is 0.313 e. The number of amides is 2. The van der Waals surface area contributed by atoms with E-state index in [1.54, 1.807) is 5.51 Å². The van der Waals surface area contributed by atoms with Gasteiger partial charge in [0.1, 0.15) is 22.3 Å². The van der Waals surface area contributed by atoms with E-state index in [0.717, 1.165) is 11.3 Å². The lowest BCUT2D eigenvalue weighted by Crippen LogP contribution is -2.74. The van der Waals surface area contributed by atoms with Crippen LogP contribution in [0.3, 0.4) is 0 Å². The number of aliphatic hydroxyl groups excluding tert-OH is 1. The molecule has 0 radical (unpaired) electrons. The third-order valence-corrected chi connectivity index (χ3v) is 9.21. The van der Waals surface area contributed by atoms with E-state index in [1.807, 2.05) is 0 Å². The van der Waals surface area contributed by atoms with Gasteiger partial charge in [0.15, 0.2) is 15.6 Å². The number of nitrogens with zero attached hydrogens (tertiary/aromatic N) is 4. The second-order valence-corrected chi connectivity index (χ2v) is 10.8. The summed E-state index contributed by atoms with van der Waals surface area (Å²) in [5.74, 6) is -1.58. The molecule has 4 heterocycles. The molecule has 5 N–H and O–H groups in total. The number of aromatic nitrogens is 3. The first-order chi connectivity index (χ1) is 14.3. The van der Waals surface area contributed by atoms with Crippen molar-refractivity contribution in [2.24, 2.45) is 5.41 Å². The molecule has 2 saturated heterocycles. The Morgan fingerprint density at radius 3 is 2.90 bits per heavy atom. The van der Waals surface area contributed by atoms with Crippen molar-refractivity contribution >= 4 is 69.1 Å². The van der Waals surface area contributed by atoms with Gasteiger partial charge in [0.2, 0.25) is 5.91 Å². The van der Waals surface area contributed by atoms with Gasteiger partial charge >= 0.3 is 5.97 Å². The van der Waals surface area contributed by atoms with Crippen LogP contribution in [0.2, 0.25) is 0 Å². The van der Waals surface area contributed by atoms with Crippen LogP contribution in [0.25, 0.3) is 0 Å². The lowest BCUT2D eigenvalue weighted by molar-refractivity contribution is -0.158. The highest BCUT2D eigenvalue weighted by atomic mass is 32.2. The minimum absolute atomic E-state index is 0.0438. The van der Waals surface area contributed by atoms with Crippen LogP contribution < -0.4 is 11.1 Å². The molecule has 0 aliphatic carbocycles. The predicted octanol–water partition coefficient (Wildman–Crippen LogP) is -0.127. The summed E-state index contributed by atoms with van der Waals surface area (Å²) in [4.78, 5) is 42.3. The summed E-state index contributed by atoms with van der Waals surface area (Å²) >= 11 is 5.02. The second kappa shape index (κ2) is 8.30. The van der Waals surface area contributed by atoms with Crippen molar-refractivity contribution in [3.8, 4) is 0 Å². The number of nitrogens with one attached hydrogen (secondary N) is 1. The second-order valence-electron chi connectivity index (χ2n) is 6.75. The average Bonchev–Trinajstić information content (AvgIpc) is 3.41. The van der Waals surface area contributed by atoms with Gasteiger partial charge in [0, 0.05) is 23.4 Å². The number of fused-ring (bicyclic) bond motifs is 1. The standard InChI is InChI=1S/C15H16N6O5S4/c16-13-18-6(1-27-13)8(22)9(23)19-7-10(24)21-2-15(12(25)26,3-28-11(7)21)4-29-14-20-17-5-30-14/h1,5,7-8,11,22H,2-4H2,(H2,16,18)(H,19,23)(H,25,26)/t7?,8?,11-,15?/m1/s1. The number of thiazole rings is 1. The number of thioether (sulfide) groups is 2. The minimum atomic E-state index is -1.53. The fraction of sp³-hybridized carbons (Fsp3) is 0.467. The van der Waals surface area contributed by atoms with Gasteiger partial charge in [-0.15, -0.1) is 33.3 Å². The number of hydrogen-bond acceptors (Lipinski definition) is 12. The molecule has 2 aromatic rings. The van der Waals surface area contributed by atoms with Crippen LogP contribution in [-0.4, -0.2) is 77.5 Å². The molecule has 160 valence electrons. The van der Waals surface area contributed by atoms with Crippen molar-refractivity contribution in [1.29, 1.82) is 0 Å². The average molecular weight is 489 g/mol. The molecule has 0 saturated carbocycles. The van der Waals surface area contributed by atoms with Gasteiger partial charge in [-0.05, 0) is 0 Å². The first-order valence-corrected chi connectivity index (χ1v) is 12.3. The molecular formula is C15H16N6O5S4. The summed E-state index contributed by atoms with van der Waals surface area (Å²) in [6.07, 6.45) is -1.53. The highest BCUT2D eigenvalue weighted by Gasteiger charge is 2.57. The molecule has 0 spiro atoms. The normalized spacial score (nSPS) is 26.6. The summed E-state index contributed by atoms with van der Waals surface area (Å²) in [6.45, 7) is 0.0438. The Kier molecular flexibility index (Phi) is 5.89. The van der Waals surface area contributed by atoms with Crippen molar-refractivity contribution in [2.45, 2.75) is 21.9 Å². The van der Waals surface area contributed by atoms with Gasteiger partial charge in [0.25, 0.3) is 5.91 Å². The molecular weight excluding hydrogens is 472 g/mol. The molecule has 0 aromatic carbocycles. The highest BCUT2D eigenvalue weighted by Crippen LogP contribution is 2.44. The molecule has 15 heteroatoms. The van der Waals surface area contributed by atoms with E-state index < -0.39 is 29.4 Å².